The van der Waals surface area contributed by atoms with Crippen LogP contribution in [0.2, 0.25) is 0 Å². The molecule has 6 nitrogen and oxygen atoms in total. The first-order chi connectivity index (χ1) is 8.19. The van der Waals surface area contributed by atoms with Gasteiger partial charge in [0.05, 0.1) is 19.9 Å². The third-order valence-corrected chi connectivity index (χ3v) is 2.91. The lowest BCUT2D eigenvalue weighted by Gasteiger charge is -2.12. The van der Waals surface area contributed by atoms with E-state index >= 15 is 0 Å². The molecule has 0 aliphatic heterocycles. The van der Waals surface area contributed by atoms with E-state index in [4.69, 9.17) is 0 Å². The topological polar surface area (TPSA) is 70.4 Å². The Labute approximate surface area is 98.5 Å². The van der Waals surface area contributed by atoms with E-state index < -0.39 is 12.1 Å². The number of carbonyl (C=O) groups excluding carboxylic acids is 2. The Morgan fingerprint density at radius 2 is 1.88 bits per heavy atom. The van der Waals surface area contributed by atoms with Crippen molar-refractivity contribution in [3.63, 3.8) is 0 Å². The van der Waals surface area contributed by atoms with Crippen molar-refractivity contribution in [1.82, 2.24) is 9.78 Å². The van der Waals surface area contributed by atoms with Gasteiger partial charge in [-0.1, -0.05) is 0 Å². The number of methoxy groups -OCH3 is 2. The van der Waals surface area contributed by atoms with Crippen LogP contribution in [0.25, 0.3) is 0 Å². The lowest BCUT2D eigenvalue weighted by Crippen LogP contribution is -2.18. The molecule has 0 saturated heterocycles. The second-order valence-electron chi connectivity index (χ2n) is 3.85. The van der Waals surface area contributed by atoms with Crippen molar-refractivity contribution >= 4 is 12.1 Å². The molecule has 0 unspecified atom stereocenters. The SMILES string of the molecule is COC(=O)c1nn(C(=O)OC)c2c1CCCC2. The molecule has 17 heavy (non-hydrogen) atoms. The van der Waals surface area contributed by atoms with Gasteiger partial charge in [-0.3, -0.25) is 0 Å². The average molecular weight is 238 g/mol. The van der Waals surface area contributed by atoms with Gasteiger partial charge in [-0.05, 0) is 25.7 Å². The van der Waals surface area contributed by atoms with E-state index in [0.29, 0.717) is 0 Å². The molecule has 1 heterocycles. The van der Waals surface area contributed by atoms with Crippen LogP contribution in [0.3, 0.4) is 0 Å². The summed E-state index contributed by atoms with van der Waals surface area (Å²) in [6.45, 7) is 0. The minimum Gasteiger partial charge on any atom is -0.464 e. The Bertz CT molecular complexity index is 424. The van der Waals surface area contributed by atoms with Gasteiger partial charge in [0.1, 0.15) is 0 Å². The Morgan fingerprint density at radius 3 is 2.53 bits per heavy atom. The largest absolute Gasteiger partial charge is 0.464 e. The van der Waals surface area contributed by atoms with Crippen LogP contribution in [0.1, 0.15) is 34.6 Å². The predicted octanol–water partition coefficient (Wildman–Crippen LogP) is 1.16. The van der Waals surface area contributed by atoms with Gasteiger partial charge < -0.3 is 9.47 Å². The monoisotopic (exact) mass is 238 g/mol. The highest BCUT2D eigenvalue weighted by Gasteiger charge is 2.27. The Kier molecular flexibility index (Phi) is 3.12. The van der Waals surface area contributed by atoms with Crippen LogP contribution in [0.4, 0.5) is 4.79 Å². The Hall–Kier alpha value is -1.85. The van der Waals surface area contributed by atoms with Crippen molar-refractivity contribution in [2.45, 2.75) is 25.7 Å². The van der Waals surface area contributed by atoms with Crippen molar-refractivity contribution in [3.05, 3.63) is 17.0 Å². The lowest BCUT2D eigenvalue weighted by molar-refractivity contribution is 0.0592. The summed E-state index contributed by atoms with van der Waals surface area (Å²) in [5, 5.41) is 4.00. The van der Waals surface area contributed by atoms with E-state index in [2.05, 4.69) is 14.6 Å². The van der Waals surface area contributed by atoms with E-state index in [-0.39, 0.29) is 5.69 Å². The summed E-state index contributed by atoms with van der Waals surface area (Å²) in [4.78, 5) is 23.1. The predicted molar refractivity (Wildman–Crippen MR) is 58.0 cm³/mol. The number of rotatable bonds is 1. The highest BCUT2D eigenvalue weighted by atomic mass is 16.5. The molecule has 1 aromatic rings. The molecule has 0 spiro atoms. The quantitative estimate of drug-likeness (QED) is 0.687. The zero-order valence-corrected chi connectivity index (χ0v) is 9.86. The van der Waals surface area contributed by atoms with Gasteiger partial charge in [0.25, 0.3) is 0 Å². The number of hydrogen-bond donors (Lipinski definition) is 0. The molecule has 1 aliphatic rings. The molecule has 92 valence electrons. The zero-order valence-electron chi connectivity index (χ0n) is 9.86. The van der Waals surface area contributed by atoms with E-state index in [9.17, 15) is 9.59 Å². The fourth-order valence-electron chi connectivity index (χ4n) is 2.10. The number of hydrogen-bond acceptors (Lipinski definition) is 5. The number of nitrogens with zero attached hydrogens (tertiary/aromatic N) is 2. The maximum absolute atomic E-state index is 11.6. The smallest absolute Gasteiger partial charge is 0.434 e. The maximum Gasteiger partial charge on any atom is 0.434 e. The van der Waals surface area contributed by atoms with Gasteiger partial charge in [-0.25, -0.2) is 9.59 Å². The van der Waals surface area contributed by atoms with Crippen molar-refractivity contribution in [3.8, 4) is 0 Å². The first-order valence-electron chi connectivity index (χ1n) is 5.46. The molecule has 1 aliphatic carbocycles. The minimum atomic E-state index is -0.571. The lowest BCUT2D eigenvalue weighted by atomic mass is 9.96. The molecule has 0 radical (unpaired) electrons. The standard InChI is InChI=1S/C11H14N2O4/c1-16-10(14)9-7-5-3-4-6-8(7)13(12-9)11(15)17-2/h3-6H2,1-2H3. The van der Waals surface area contributed by atoms with Gasteiger partial charge >= 0.3 is 12.1 Å². The molecule has 1 aromatic heterocycles. The Morgan fingerprint density at radius 1 is 1.18 bits per heavy atom. The second-order valence-corrected chi connectivity index (χ2v) is 3.85. The molecule has 0 fully saturated rings. The number of aromatic nitrogens is 2. The summed E-state index contributed by atoms with van der Waals surface area (Å²) >= 11 is 0. The molecule has 0 aromatic carbocycles. The van der Waals surface area contributed by atoms with Crippen LogP contribution >= 0.6 is 0 Å². The average Bonchev–Trinajstić information content (AvgIpc) is 2.76. The van der Waals surface area contributed by atoms with Gasteiger partial charge in [0.15, 0.2) is 5.69 Å². The van der Waals surface area contributed by atoms with Gasteiger partial charge in [-0.2, -0.15) is 9.78 Å². The molecular formula is C11H14N2O4. The van der Waals surface area contributed by atoms with Crippen molar-refractivity contribution in [2.75, 3.05) is 14.2 Å². The first kappa shape index (κ1) is 11.6. The van der Waals surface area contributed by atoms with Crippen molar-refractivity contribution in [1.29, 1.82) is 0 Å². The number of carbonyl (C=O) groups is 2. The van der Waals surface area contributed by atoms with Crippen LogP contribution in [0.5, 0.6) is 0 Å². The van der Waals surface area contributed by atoms with Crippen LogP contribution in [0.15, 0.2) is 0 Å². The van der Waals surface area contributed by atoms with E-state index in [0.717, 1.165) is 36.9 Å². The van der Waals surface area contributed by atoms with Gasteiger partial charge in [0, 0.05) is 5.56 Å². The van der Waals surface area contributed by atoms with E-state index in [1.807, 2.05) is 0 Å². The molecule has 6 heteroatoms. The molecule has 0 saturated carbocycles. The maximum atomic E-state index is 11.6. The van der Waals surface area contributed by atoms with Crippen molar-refractivity contribution < 1.29 is 19.1 Å². The van der Waals surface area contributed by atoms with Gasteiger partial charge in [0.2, 0.25) is 0 Å². The molecule has 2 rings (SSSR count). The normalized spacial score (nSPS) is 14.0. The summed E-state index contributed by atoms with van der Waals surface area (Å²) in [5.41, 5.74) is 1.81. The fraction of sp³-hybridized carbons (Fsp3) is 0.545. The van der Waals surface area contributed by atoms with Crippen LogP contribution < -0.4 is 0 Å². The summed E-state index contributed by atoms with van der Waals surface area (Å²) < 4.78 is 10.5. The summed E-state index contributed by atoms with van der Waals surface area (Å²) in [6, 6.07) is 0. The molecule has 0 atom stereocenters. The van der Waals surface area contributed by atoms with Crippen LogP contribution in [-0.2, 0) is 22.3 Å². The summed E-state index contributed by atoms with van der Waals surface area (Å²) in [5.74, 6) is -0.509. The molecule has 0 bridgehead atoms. The highest BCUT2D eigenvalue weighted by Crippen LogP contribution is 2.25. The number of ether oxygens (including phenoxy) is 2. The Balaban J connectivity index is 2.51. The number of fused-ring (bicyclic) bond motifs is 1. The molecular weight excluding hydrogens is 224 g/mol. The van der Waals surface area contributed by atoms with Crippen LogP contribution in [-0.4, -0.2) is 36.1 Å². The molecule has 0 amide bonds. The third kappa shape index (κ3) is 1.90. The van der Waals surface area contributed by atoms with Crippen LogP contribution in [0, 0.1) is 0 Å². The van der Waals surface area contributed by atoms with E-state index in [1.54, 1.807) is 0 Å². The summed E-state index contributed by atoms with van der Waals surface area (Å²) in [6.07, 6.45) is 2.88. The van der Waals surface area contributed by atoms with E-state index in [1.165, 1.54) is 18.9 Å². The fourth-order valence-corrected chi connectivity index (χ4v) is 2.10. The number of esters is 1. The summed E-state index contributed by atoms with van der Waals surface area (Å²) in [7, 11) is 2.59. The second kappa shape index (κ2) is 4.57. The van der Waals surface area contributed by atoms with Gasteiger partial charge in [-0.15, -0.1) is 0 Å². The highest BCUT2D eigenvalue weighted by molar-refractivity contribution is 5.90. The molecule has 0 N–H and O–H groups in total. The van der Waals surface area contributed by atoms with Crippen molar-refractivity contribution in [2.24, 2.45) is 0 Å². The third-order valence-electron chi connectivity index (χ3n) is 2.91. The first-order valence-corrected chi connectivity index (χ1v) is 5.46. The zero-order chi connectivity index (χ0) is 12.4. The minimum absolute atomic E-state index is 0.229.